The quantitative estimate of drug-likeness (QED) is 0.422. The highest BCUT2D eigenvalue weighted by Gasteiger charge is 2.24. The molecule has 8 nitrogen and oxygen atoms in total. The van der Waals surface area contributed by atoms with Gasteiger partial charge in [-0.15, -0.1) is 0 Å². The molecule has 152 valence electrons. The van der Waals surface area contributed by atoms with Crippen LogP contribution >= 0.6 is 0 Å². The smallest absolute Gasteiger partial charge is 0.337 e. The number of methoxy groups -OCH3 is 1. The molecule has 0 aromatic heterocycles. The Kier molecular flexibility index (Phi) is 6.11. The SMILES string of the molecule is COC(=O)c1ccc(CN(C)C(=O)c2ccc(N3CCCC3)c([N+](=O)[O-])c2)cc1. The highest BCUT2D eigenvalue weighted by molar-refractivity contribution is 5.95. The Morgan fingerprint density at radius 3 is 2.31 bits per heavy atom. The van der Waals surface area contributed by atoms with E-state index in [-0.39, 0.29) is 17.2 Å². The molecule has 1 amide bonds. The van der Waals surface area contributed by atoms with Crippen LogP contribution in [-0.4, -0.2) is 48.9 Å². The van der Waals surface area contributed by atoms with Crippen molar-refractivity contribution in [3.8, 4) is 0 Å². The molecular weight excluding hydrogens is 374 g/mol. The molecule has 0 saturated carbocycles. The number of rotatable bonds is 6. The van der Waals surface area contributed by atoms with Crippen molar-refractivity contribution in [2.45, 2.75) is 19.4 Å². The van der Waals surface area contributed by atoms with Crippen LogP contribution in [0.5, 0.6) is 0 Å². The van der Waals surface area contributed by atoms with E-state index in [9.17, 15) is 19.7 Å². The third-order valence-corrected chi connectivity index (χ3v) is 5.01. The summed E-state index contributed by atoms with van der Waals surface area (Å²) < 4.78 is 4.67. The van der Waals surface area contributed by atoms with E-state index >= 15 is 0 Å². The van der Waals surface area contributed by atoms with E-state index < -0.39 is 10.9 Å². The lowest BCUT2D eigenvalue weighted by atomic mass is 10.1. The minimum atomic E-state index is -0.435. The molecule has 0 spiro atoms. The van der Waals surface area contributed by atoms with Crippen LogP contribution in [0.2, 0.25) is 0 Å². The molecule has 0 N–H and O–H groups in total. The van der Waals surface area contributed by atoms with Gasteiger partial charge < -0.3 is 14.5 Å². The Morgan fingerprint density at radius 2 is 1.72 bits per heavy atom. The summed E-state index contributed by atoms with van der Waals surface area (Å²) in [5, 5.41) is 11.5. The van der Waals surface area contributed by atoms with E-state index in [0.717, 1.165) is 31.5 Å². The molecule has 0 unspecified atom stereocenters. The Hall–Kier alpha value is -3.42. The van der Waals surface area contributed by atoms with Gasteiger partial charge in [0.15, 0.2) is 0 Å². The molecule has 0 atom stereocenters. The maximum absolute atomic E-state index is 12.8. The van der Waals surface area contributed by atoms with Gasteiger partial charge in [-0.2, -0.15) is 0 Å². The zero-order valence-electron chi connectivity index (χ0n) is 16.5. The first-order chi connectivity index (χ1) is 13.9. The van der Waals surface area contributed by atoms with Crippen molar-refractivity contribution >= 4 is 23.3 Å². The number of nitro groups is 1. The summed E-state index contributed by atoms with van der Waals surface area (Å²) in [6, 6.07) is 11.4. The Balaban J connectivity index is 1.75. The molecular formula is C21H23N3O5. The van der Waals surface area contributed by atoms with E-state index in [2.05, 4.69) is 4.74 Å². The number of benzene rings is 2. The predicted octanol–water partition coefficient (Wildman–Crippen LogP) is 3.25. The van der Waals surface area contributed by atoms with Crippen molar-refractivity contribution in [2.24, 2.45) is 0 Å². The number of ether oxygens (including phenoxy) is 1. The molecule has 0 aliphatic carbocycles. The Morgan fingerprint density at radius 1 is 1.10 bits per heavy atom. The number of esters is 1. The van der Waals surface area contributed by atoms with Crippen LogP contribution in [0.25, 0.3) is 0 Å². The summed E-state index contributed by atoms with van der Waals surface area (Å²) in [5.41, 5.74) is 2.04. The predicted molar refractivity (Wildman–Crippen MR) is 108 cm³/mol. The van der Waals surface area contributed by atoms with Crippen molar-refractivity contribution in [3.05, 3.63) is 69.3 Å². The van der Waals surface area contributed by atoms with Crippen molar-refractivity contribution in [3.63, 3.8) is 0 Å². The number of carbonyl (C=O) groups excluding carboxylic acids is 2. The molecule has 1 heterocycles. The maximum atomic E-state index is 12.8. The van der Waals surface area contributed by atoms with Crippen LogP contribution in [0.3, 0.4) is 0 Å². The molecule has 2 aromatic carbocycles. The fourth-order valence-corrected chi connectivity index (χ4v) is 3.46. The van der Waals surface area contributed by atoms with E-state index in [1.165, 1.54) is 18.1 Å². The summed E-state index contributed by atoms with van der Waals surface area (Å²) in [6.45, 7) is 1.88. The second-order valence-corrected chi connectivity index (χ2v) is 7.00. The zero-order chi connectivity index (χ0) is 21.0. The average molecular weight is 397 g/mol. The van der Waals surface area contributed by atoms with Gasteiger partial charge in [0.1, 0.15) is 5.69 Å². The number of amides is 1. The van der Waals surface area contributed by atoms with Gasteiger partial charge in [0, 0.05) is 38.3 Å². The molecule has 0 bridgehead atoms. The van der Waals surface area contributed by atoms with E-state index in [4.69, 9.17) is 0 Å². The van der Waals surface area contributed by atoms with Crippen LogP contribution in [-0.2, 0) is 11.3 Å². The summed E-state index contributed by atoms with van der Waals surface area (Å²) >= 11 is 0. The number of nitro benzene ring substituents is 1. The van der Waals surface area contributed by atoms with Gasteiger partial charge in [-0.1, -0.05) is 12.1 Å². The highest BCUT2D eigenvalue weighted by atomic mass is 16.6. The molecule has 1 aliphatic heterocycles. The third-order valence-electron chi connectivity index (χ3n) is 5.01. The number of hydrogen-bond acceptors (Lipinski definition) is 6. The molecule has 3 rings (SSSR count). The molecule has 29 heavy (non-hydrogen) atoms. The lowest BCUT2D eigenvalue weighted by Crippen LogP contribution is -2.26. The normalized spacial score (nSPS) is 13.2. The first-order valence-electron chi connectivity index (χ1n) is 9.37. The summed E-state index contributed by atoms with van der Waals surface area (Å²) in [4.78, 5) is 38.9. The van der Waals surface area contributed by atoms with Crippen molar-refractivity contribution in [1.29, 1.82) is 0 Å². The molecule has 1 fully saturated rings. The fraction of sp³-hybridized carbons (Fsp3) is 0.333. The second-order valence-electron chi connectivity index (χ2n) is 7.00. The number of nitrogens with zero attached hydrogens (tertiary/aromatic N) is 3. The molecule has 2 aromatic rings. The average Bonchev–Trinajstić information content (AvgIpc) is 3.27. The van der Waals surface area contributed by atoms with Crippen LogP contribution in [0.1, 0.15) is 39.1 Å². The van der Waals surface area contributed by atoms with Gasteiger partial charge >= 0.3 is 5.97 Å². The topological polar surface area (TPSA) is 93.0 Å². The maximum Gasteiger partial charge on any atom is 0.337 e. The van der Waals surface area contributed by atoms with Gasteiger partial charge in [0.25, 0.3) is 11.6 Å². The number of carbonyl (C=O) groups is 2. The fourth-order valence-electron chi connectivity index (χ4n) is 3.46. The summed E-state index contributed by atoms with van der Waals surface area (Å²) in [6.07, 6.45) is 2.02. The van der Waals surface area contributed by atoms with Gasteiger partial charge in [-0.05, 0) is 42.7 Å². The highest BCUT2D eigenvalue weighted by Crippen LogP contribution is 2.32. The van der Waals surface area contributed by atoms with E-state index in [1.807, 2.05) is 4.90 Å². The number of anilines is 1. The van der Waals surface area contributed by atoms with Crippen molar-refractivity contribution in [1.82, 2.24) is 4.90 Å². The first-order valence-corrected chi connectivity index (χ1v) is 9.37. The standard InChI is InChI=1S/C21H23N3O5/c1-22(14-15-5-7-16(8-6-15)21(26)29-2)20(25)17-9-10-18(19(13-17)24(27)28)23-11-3-4-12-23/h5-10,13H,3-4,11-12,14H2,1-2H3. The first kappa shape index (κ1) is 20.3. The van der Waals surface area contributed by atoms with Crippen molar-refractivity contribution in [2.75, 3.05) is 32.1 Å². The monoisotopic (exact) mass is 397 g/mol. The van der Waals surface area contributed by atoms with Crippen LogP contribution in [0, 0.1) is 10.1 Å². The molecule has 8 heteroatoms. The Bertz CT molecular complexity index is 920. The number of hydrogen-bond donors (Lipinski definition) is 0. The van der Waals surface area contributed by atoms with Gasteiger partial charge in [0.2, 0.25) is 0 Å². The van der Waals surface area contributed by atoms with Crippen LogP contribution in [0.15, 0.2) is 42.5 Å². The molecule has 1 aliphatic rings. The zero-order valence-corrected chi connectivity index (χ0v) is 16.5. The molecule has 1 saturated heterocycles. The summed E-state index contributed by atoms with van der Waals surface area (Å²) in [5.74, 6) is -0.732. The lowest BCUT2D eigenvalue weighted by molar-refractivity contribution is -0.384. The lowest BCUT2D eigenvalue weighted by Gasteiger charge is -2.20. The Labute approximate surface area is 168 Å². The van der Waals surface area contributed by atoms with Crippen LogP contribution < -0.4 is 4.90 Å². The second kappa shape index (κ2) is 8.72. The van der Waals surface area contributed by atoms with Crippen LogP contribution in [0.4, 0.5) is 11.4 Å². The van der Waals surface area contributed by atoms with Gasteiger partial charge in [0.05, 0.1) is 17.6 Å². The minimum absolute atomic E-state index is 0.0476. The van der Waals surface area contributed by atoms with Gasteiger partial charge in [-0.25, -0.2) is 4.79 Å². The molecule has 0 radical (unpaired) electrons. The van der Waals surface area contributed by atoms with Crippen molar-refractivity contribution < 1.29 is 19.2 Å². The van der Waals surface area contributed by atoms with E-state index in [0.29, 0.717) is 17.8 Å². The minimum Gasteiger partial charge on any atom is -0.465 e. The largest absolute Gasteiger partial charge is 0.465 e. The van der Waals surface area contributed by atoms with E-state index in [1.54, 1.807) is 43.4 Å². The summed E-state index contributed by atoms with van der Waals surface area (Å²) in [7, 11) is 2.95. The van der Waals surface area contributed by atoms with Gasteiger partial charge in [-0.3, -0.25) is 14.9 Å². The third kappa shape index (κ3) is 4.53.